The first-order chi connectivity index (χ1) is 12.0. The van der Waals surface area contributed by atoms with E-state index in [1.54, 1.807) is 12.1 Å². The van der Waals surface area contributed by atoms with Crippen molar-refractivity contribution in [3.63, 3.8) is 0 Å². The second-order valence-electron chi connectivity index (χ2n) is 7.30. The van der Waals surface area contributed by atoms with Gasteiger partial charge >= 0.3 is 0 Å². The van der Waals surface area contributed by atoms with E-state index in [2.05, 4.69) is 24.1 Å². The predicted octanol–water partition coefficient (Wildman–Crippen LogP) is 3.98. The minimum absolute atomic E-state index is 0.0669. The van der Waals surface area contributed by atoms with Crippen LogP contribution in [0.4, 0.5) is 0 Å². The van der Waals surface area contributed by atoms with Gasteiger partial charge in [0.1, 0.15) is 5.75 Å². The minimum atomic E-state index is -0.505. The Hall–Kier alpha value is -1.26. The van der Waals surface area contributed by atoms with Crippen molar-refractivity contribution in [1.29, 1.82) is 0 Å². The quantitative estimate of drug-likeness (QED) is 0.707. The van der Waals surface area contributed by atoms with Crippen LogP contribution in [0.2, 0.25) is 5.02 Å². The Morgan fingerprint density at radius 3 is 2.64 bits per heavy atom. The van der Waals surface area contributed by atoms with Crippen molar-refractivity contribution in [2.75, 3.05) is 26.2 Å². The van der Waals surface area contributed by atoms with E-state index in [0.29, 0.717) is 23.7 Å². The van der Waals surface area contributed by atoms with Crippen LogP contribution in [0.25, 0.3) is 0 Å². The van der Waals surface area contributed by atoms with Crippen molar-refractivity contribution in [3.05, 3.63) is 29.3 Å². The molecule has 3 atom stereocenters. The lowest BCUT2D eigenvalue weighted by atomic mass is 9.92. The number of nitrogens with zero attached hydrogens (tertiary/aromatic N) is 1. The third-order valence-corrected chi connectivity index (χ3v) is 4.98. The molecule has 5 heteroatoms. The van der Waals surface area contributed by atoms with Crippen molar-refractivity contribution >= 4 is 17.5 Å². The summed E-state index contributed by atoms with van der Waals surface area (Å²) in [6, 6.07) is 7.25. The van der Waals surface area contributed by atoms with E-state index >= 15 is 0 Å². The molecule has 0 aliphatic carbocycles. The highest BCUT2D eigenvalue weighted by molar-refractivity contribution is 6.32. The van der Waals surface area contributed by atoms with Gasteiger partial charge in [0, 0.05) is 19.6 Å². The fourth-order valence-corrected chi connectivity index (χ4v) is 3.80. The van der Waals surface area contributed by atoms with Gasteiger partial charge in [0.05, 0.1) is 5.02 Å². The first-order valence-corrected chi connectivity index (χ1v) is 9.78. The first-order valence-electron chi connectivity index (χ1n) is 9.40. The number of piperidine rings is 1. The molecule has 1 aliphatic rings. The Morgan fingerprint density at radius 2 is 2.00 bits per heavy atom. The summed E-state index contributed by atoms with van der Waals surface area (Å²) in [7, 11) is 0. The molecule has 0 unspecified atom stereocenters. The van der Waals surface area contributed by atoms with Gasteiger partial charge < -0.3 is 15.0 Å². The van der Waals surface area contributed by atoms with Gasteiger partial charge in [-0.15, -0.1) is 0 Å². The number of likely N-dealkylation sites (tertiary alicyclic amines) is 1. The van der Waals surface area contributed by atoms with Crippen LogP contribution in [0.5, 0.6) is 5.75 Å². The summed E-state index contributed by atoms with van der Waals surface area (Å²) in [5.41, 5.74) is 0. The number of carbonyl (C=O) groups excluding carboxylic acids is 1. The van der Waals surface area contributed by atoms with Crippen molar-refractivity contribution in [2.45, 2.75) is 46.1 Å². The van der Waals surface area contributed by atoms with Crippen LogP contribution in [0.3, 0.4) is 0 Å². The molecule has 1 fully saturated rings. The lowest BCUT2D eigenvalue weighted by molar-refractivity contribution is -0.128. The lowest BCUT2D eigenvalue weighted by Crippen LogP contribution is -2.41. The van der Waals surface area contributed by atoms with Crippen LogP contribution in [0, 0.1) is 11.8 Å². The zero-order chi connectivity index (χ0) is 18.2. The number of amides is 1. The third-order valence-electron chi connectivity index (χ3n) is 4.66. The fraction of sp³-hybridized carbons (Fsp3) is 0.650. The molecule has 25 heavy (non-hydrogen) atoms. The number of hydrogen-bond acceptors (Lipinski definition) is 3. The molecule has 1 heterocycles. The molecule has 1 N–H and O–H groups in total. The topological polar surface area (TPSA) is 41.6 Å². The van der Waals surface area contributed by atoms with Gasteiger partial charge in [-0.2, -0.15) is 0 Å². The molecule has 0 radical (unpaired) electrons. The molecule has 1 saturated heterocycles. The number of hydrogen-bond donors (Lipinski definition) is 1. The lowest BCUT2D eigenvalue weighted by Gasteiger charge is -2.35. The molecule has 4 nitrogen and oxygen atoms in total. The maximum atomic E-state index is 12.4. The summed E-state index contributed by atoms with van der Waals surface area (Å²) < 4.78 is 5.78. The molecule has 0 bridgehead atoms. The largest absolute Gasteiger partial charge is 0.479 e. The maximum absolute atomic E-state index is 12.4. The molecule has 1 aromatic carbocycles. The van der Waals surface area contributed by atoms with Crippen LogP contribution >= 0.6 is 11.6 Å². The van der Waals surface area contributed by atoms with Gasteiger partial charge in [0.25, 0.3) is 5.91 Å². The number of nitrogens with one attached hydrogen (secondary N) is 1. The highest BCUT2D eigenvalue weighted by atomic mass is 35.5. The van der Waals surface area contributed by atoms with E-state index in [9.17, 15) is 4.79 Å². The SMILES string of the molecule is CC[C@H](Oc1ccccc1Cl)C(=O)NCCCN1C[C@H](C)C[C@H](C)C1. The molecule has 2 rings (SSSR count). The van der Waals surface area contributed by atoms with Crippen LogP contribution in [-0.4, -0.2) is 43.1 Å². The van der Waals surface area contributed by atoms with Crippen molar-refractivity contribution in [2.24, 2.45) is 11.8 Å². The number of ether oxygens (including phenoxy) is 1. The van der Waals surface area contributed by atoms with Gasteiger partial charge in [-0.1, -0.05) is 44.5 Å². The summed E-state index contributed by atoms with van der Waals surface area (Å²) in [6.07, 6.45) is 2.39. The molecule has 1 aliphatic heterocycles. The summed E-state index contributed by atoms with van der Waals surface area (Å²) in [6.45, 7) is 10.6. The van der Waals surface area contributed by atoms with Crippen LogP contribution in [0.15, 0.2) is 24.3 Å². The van der Waals surface area contributed by atoms with E-state index in [1.807, 2.05) is 19.1 Å². The molecule has 1 aromatic rings. The van der Waals surface area contributed by atoms with Crippen molar-refractivity contribution in [3.8, 4) is 5.75 Å². The standard InChI is InChI=1S/C20H31ClN2O2/c1-4-18(25-19-9-6-5-8-17(19)21)20(24)22-10-7-11-23-13-15(2)12-16(3)14-23/h5-6,8-9,15-16,18H,4,7,10-14H2,1-3H3,(H,22,24)/t15-,16+,18-/m0/s1. The Labute approximate surface area is 156 Å². The molecule has 0 aromatic heterocycles. The number of halogens is 1. The number of benzene rings is 1. The predicted molar refractivity (Wildman–Crippen MR) is 103 cm³/mol. The van der Waals surface area contributed by atoms with Gasteiger partial charge in [-0.25, -0.2) is 0 Å². The Bertz CT molecular complexity index is 542. The van der Waals surface area contributed by atoms with Crippen molar-refractivity contribution < 1.29 is 9.53 Å². The zero-order valence-corrected chi connectivity index (χ0v) is 16.4. The zero-order valence-electron chi connectivity index (χ0n) is 15.6. The molecule has 0 spiro atoms. The molecular formula is C20H31ClN2O2. The molecular weight excluding hydrogens is 336 g/mol. The van der Waals surface area contributed by atoms with Crippen LogP contribution in [-0.2, 0) is 4.79 Å². The summed E-state index contributed by atoms with van der Waals surface area (Å²) in [4.78, 5) is 14.9. The summed E-state index contributed by atoms with van der Waals surface area (Å²) in [5.74, 6) is 2.03. The smallest absolute Gasteiger partial charge is 0.261 e. The van der Waals surface area contributed by atoms with E-state index in [4.69, 9.17) is 16.3 Å². The van der Waals surface area contributed by atoms with Crippen molar-refractivity contribution in [1.82, 2.24) is 10.2 Å². The highest BCUT2D eigenvalue weighted by Crippen LogP contribution is 2.25. The van der Waals surface area contributed by atoms with E-state index in [-0.39, 0.29) is 5.91 Å². The maximum Gasteiger partial charge on any atom is 0.261 e. The summed E-state index contributed by atoms with van der Waals surface area (Å²) >= 11 is 6.10. The average molecular weight is 367 g/mol. The Morgan fingerprint density at radius 1 is 1.32 bits per heavy atom. The van der Waals surface area contributed by atoms with Gasteiger partial charge in [0.15, 0.2) is 6.10 Å². The van der Waals surface area contributed by atoms with Crippen LogP contribution < -0.4 is 10.1 Å². The fourth-order valence-electron chi connectivity index (χ4n) is 3.62. The molecule has 0 saturated carbocycles. The molecule has 140 valence electrons. The monoisotopic (exact) mass is 366 g/mol. The Kier molecular flexibility index (Phi) is 8.04. The average Bonchev–Trinajstić information content (AvgIpc) is 2.57. The number of carbonyl (C=O) groups is 1. The Balaban J connectivity index is 1.72. The van der Waals surface area contributed by atoms with E-state index in [1.165, 1.54) is 19.5 Å². The van der Waals surface area contributed by atoms with Gasteiger partial charge in [0.2, 0.25) is 0 Å². The highest BCUT2D eigenvalue weighted by Gasteiger charge is 2.22. The van der Waals surface area contributed by atoms with Gasteiger partial charge in [-0.3, -0.25) is 4.79 Å². The van der Waals surface area contributed by atoms with E-state index < -0.39 is 6.10 Å². The second-order valence-corrected chi connectivity index (χ2v) is 7.70. The number of para-hydroxylation sites is 1. The second kappa shape index (κ2) is 10.0. The normalized spacial score (nSPS) is 22.4. The first kappa shape index (κ1) is 20.1. The third kappa shape index (κ3) is 6.52. The van der Waals surface area contributed by atoms with Gasteiger partial charge in [-0.05, 0) is 49.8 Å². The summed E-state index contributed by atoms with van der Waals surface area (Å²) in [5, 5.41) is 3.53. The minimum Gasteiger partial charge on any atom is -0.479 e. The molecule has 1 amide bonds. The van der Waals surface area contributed by atoms with Crippen LogP contribution in [0.1, 0.15) is 40.0 Å². The van der Waals surface area contributed by atoms with E-state index in [0.717, 1.165) is 24.8 Å². The number of rotatable bonds is 8.